The molecule has 0 radical (unpaired) electrons. The van der Waals surface area contributed by atoms with E-state index in [1.807, 2.05) is 0 Å². The van der Waals surface area contributed by atoms with E-state index in [0.717, 1.165) is 0 Å². The maximum atomic E-state index is 14.5. The molecule has 0 aromatic heterocycles. The topological polar surface area (TPSA) is 447 Å². The van der Waals surface area contributed by atoms with Gasteiger partial charge in [-0.15, -0.1) is 0 Å². The molecule has 8 atom stereocenters. The number of aliphatic hydroxyl groups is 1. The van der Waals surface area contributed by atoms with E-state index < -0.39 is 200 Å². The number of phenols is 11. The number of carbonyl (C=O) groups is 7. The van der Waals surface area contributed by atoms with E-state index in [9.17, 15) is 99.9 Å². The molecule has 13 N–H and O–H groups in total. The number of carboxylic acids is 1. The van der Waals surface area contributed by atoms with Crippen LogP contribution in [0.3, 0.4) is 0 Å². The molecular formula is C41H32O27. The third-order valence-electron chi connectivity index (χ3n) is 10.6. The molecule has 0 unspecified atom stereocenters. The maximum Gasteiger partial charge on any atom is 0.341 e. The summed E-state index contributed by atoms with van der Waals surface area (Å²) in [6, 6.07) is 3.84. The number of aliphatic carboxylic acids is 1. The fourth-order valence-electron chi connectivity index (χ4n) is 7.37. The molecule has 1 fully saturated rings. The van der Waals surface area contributed by atoms with Crippen LogP contribution in [0, 0.1) is 5.92 Å². The van der Waals surface area contributed by atoms with Crippen molar-refractivity contribution >= 4 is 41.8 Å². The SMILES string of the molecule is O=C(O)C[C@@H]1C(=O)O[C@H]2[C@@H](OC(=O)c3cc(O)c(O)c(O)c3)[C@@H](OC(=O)c3cc(O)c(O)c4c3[C@H]1[C@H](O)C(=O)O4)[C@H](OC(=O)c1cc(O)c(O)c(O)c1)O[C@@H]2COC(=O)c1cc(O)c(O)c(O)c1. The van der Waals surface area contributed by atoms with Crippen molar-refractivity contribution in [2.45, 2.75) is 49.1 Å². The van der Waals surface area contributed by atoms with Crippen LogP contribution < -0.4 is 4.74 Å². The lowest BCUT2D eigenvalue weighted by atomic mass is 9.76. The minimum absolute atomic E-state index is 0.449. The van der Waals surface area contributed by atoms with Crippen LogP contribution in [-0.4, -0.2) is 152 Å². The van der Waals surface area contributed by atoms with E-state index in [2.05, 4.69) is 0 Å². The van der Waals surface area contributed by atoms with Crippen LogP contribution in [0.5, 0.6) is 69.0 Å². The zero-order chi connectivity index (χ0) is 49.8. The first-order valence-corrected chi connectivity index (χ1v) is 19.1. The van der Waals surface area contributed by atoms with Crippen molar-refractivity contribution < 1.29 is 133 Å². The van der Waals surface area contributed by atoms with Gasteiger partial charge in [-0.2, -0.15) is 0 Å². The molecule has 68 heavy (non-hydrogen) atoms. The van der Waals surface area contributed by atoms with E-state index in [0.29, 0.717) is 42.5 Å². The van der Waals surface area contributed by atoms with Crippen LogP contribution in [0.2, 0.25) is 0 Å². The molecule has 358 valence electrons. The average Bonchev–Trinajstić information content (AvgIpc) is 3.28. The van der Waals surface area contributed by atoms with Crippen LogP contribution in [0.15, 0.2) is 42.5 Å². The zero-order valence-electron chi connectivity index (χ0n) is 33.6. The summed E-state index contributed by atoms with van der Waals surface area (Å²) in [6.45, 7) is -1.28. The first kappa shape index (κ1) is 46.9. The molecule has 0 spiro atoms. The lowest BCUT2D eigenvalue weighted by Crippen LogP contribution is -2.63. The van der Waals surface area contributed by atoms with Crippen molar-refractivity contribution in [2.75, 3.05) is 6.61 Å². The van der Waals surface area contributed by atoms with Gasteiger partial charge in [-0.05, 0) is 42.5 Å². The molecular weight excluding hydrogens is 924 g/mol. The van der Waals surface area contributed by atoms with Gasteiger partial charge in [0.2, 0.25) is 18.1 Å². The third kappa shape index (κ3) is 8.58. The van der Waals surface area contributed by atoms with Crippen LogP contribution in [0.4, 0.5) is 0 Å². The first-order chi connectivity index (χ1) is 32.0. The molecule has 7 rings (SSSR count). The summed E-state index contributed by atoms with van der Waals surface area (Å²) in [5.41, 5.74) is -4.15. The van der Waals surface area contributed by atoms with Gasteiger partial charge in [0.15, 0.2) is 81.6 Å². The summed E-state index contributed by atoms with van der Waals surface area (Å²) >= 11 is 0. The van der Waals surface area contributed by atoms with Gasteiger partial charge >= 0.3 is 41.8 Å². The van der Waals surface area contributed by atoms with E-state index in [1.165, 1.54) is 0 Å². The Morgan fingerprint density at radius 3 is 1.54 bits per heavy atom. The second kappa shape index (κ2) is 17.7. The zero-order valence-corrected chi connectivity index (χ0v) is 33.6. The van der Waals surface area contributed by atoms with Crippen molar-refractivity contribution in [3.8, 4) is 69.0 Å². The van der Waals surface area contributed by atoms with E-state index >= 15 is 0 Å². The predicted molar refractivity (Wildman–Crippen MR) is 207 cm³/mol. The Balaban J connectivity index is 1.44. The number of aromatic hydroxyl groups is 11. The Kier molecular flexibility index (Phi) is 12.2. The lowest BCUT2D eigenvalue weighted by molar-refractivity contribution is -0.287. The smallest absolute Gasteiger partial charge is 0.341 e. The Hall–Kier alpha value is -9.11. The van der Waals surface area contributed by atoms with Crippen molar-refractivity contribution in [1.29, 1.82) is 0 Å². The predicted octanol–water partition coefficient (Wildman–Crippen LogP) is 0.0179. The second-order valence-electron chi connectivity index (χ2n) is 14.9. The number of hydrogen-bond donors (Lipinski definition) is 13. The highest BCUT2D eigenvalue weighted by Gasteiger charge is 2.57. The first-order valence-electron chi connectivity index (χ1n) is 19.1. The number of esters is 6. The molecule has 0 saturated carbocycles. The molecule has 1 saturated heterocycles. The second-order valence-corrected chi connectivity index (χ2v) is 14.9. The molecule has 0 amide bonds. The monoisotopic (exact) mass is 956 g/mol. The van der Waals surface area contributed by atoms with Crippen molar-refractivity contribution in [1.82, 2.24) is 0 Å². The van der Waals surface area contributed by atoms with Gasteiger partial charge in [0.05, 0.1) is 34.6 Å². The highest BCUT2D eigenvalue weighted by Crippen LogP contribution is 2.51. The molecule has 2 bridgehead atoms. The van der Waals surface area contributed by atoms with Gasteiger partial charge in [0, 0.05) is 11.5 Å². The number of benzene rings is 4. The Morgan fingerprint density at radius 2 is 1.04 bits per heavy atom. The van der Waals surface area contributed by atoms with Gasteiger partial charge in [0.1, 0.15) is 12.7 Å². The number of rotatable bonds is 9. The number of aliphatic hydroxyl groups excluding tert-OH is 1. The van der Waals surface area contributed by atoms with Gasteiger partial charge in [0.25, 0.3) is 0 Å². The fraction of sp³-hybridized carbons (Fsp3) is 0.244. The number of phenolic OH excluding ortho intramolecular Hbond substituents is 11. The maximum absolute atomic E-state index is 14.5. The third-order valence-corrected chi connectivity index (χ3v) is 10.6. The standard InChI is InChI=1S/C41H32O27/c42-15-1-10(2-16(43)26(15)51)35(56)62-9-22-31-33(66-36(57)11-3-17(44)27(52)18(45)4-11)34(41(63-22)68-37(58)12-5-19(46)28(53)20(47)6-12)67-38(59)13-7-21(48)29(54)32-25(13)24(30(55)40(61)65-32)14(8-23(49)50)39(60)64-31/h1-7,14,22,24,30-31,33-34,41-48,51-55H,8-9H2,(H,49,50)/t14-,22+,24-,30-,31+,33+,34+,41-/m0/s1. The van der Waals surface area contributed by atoms with Gasteiger partial charge in [-0.25, -0.2) is 24.0 Å². The quantitative estimate of drug-likeness (QED) is 0.0455. The molecule has 27 heteroatoms. The highest BCUT2D eigenvalue weighted by atomic mass is 16.7. The molecule has 3 aliphatic heterocycles. The molecule has 27 nitrogen and oxygen atoms in total. The number of ether oxygens (including phenoxy) is 7. The summed E-state index contributed by atoms with van der Waals surface area (Å²) in [4.78, 5) is 95.4. The lowest BCUT2D eigenvalue weighted by Gasteiger charge is -2.44. The minimum Gasteiger partial charge on any atom is -0.504 e. The molecule has 4 aromatic carbocycles. The Labute approximate surface area is 375 Å². The molecule has 3 heterocycles. The summed E-state index contributed by atoms with van der Waals surface area (Å²) < 4.78 is 38.6. The Bertz CT molecular complexity index is 2750. The normalized spacial score (nSPS) is 23.0. The van der Waals surface area contributed by atoms with E-state index in [4.69, 9.17) is 33.2 Å². The highest BCUT2D eigenvalue weighted by molar-refractivity contribution is 5.98. The number of fused-ring (bicyclic) bond motifs is 2. The average molecular weight is 957 g/mol. The summed E-state index contributed by atoms with van der Waals surface area (Å²) in [5, 5.41) is 133. The number of carboxylic acid groups (broad SMARTS) is 1. The molecule has 4 aromatic rings. The van der Waals surface area contributed by atoms with Crippen LogP contribution in [0.1, 0.15) is 59.3 Å². The van der Waals surface area contributed by atoms with Crippen molar-refractivity contribution in [3.63, 3.8) is 0 Å². The summed E-state index contributed by atoms with van der Waals surface area (Å²) in [7, 11) is 0. The van der Waals surface area contributed by atoms with Gasteiger partial charge in [-0.3, -0.25) is 9.59 Å². The van der Waals surface area contributed by atoms with E-state index in [1.54, 1.807) is 0 Å². The molecule has 3 aliphatic rings. The number of hydrogen-bond acceptors (Lipinski definition) is 26. The fourth-order valence-corrected chi connectivity index (χ4v) is 7.37. The summed E-state index contributed by atoms with van der Waals surface area (Å²) in [5.74, 6) is -29.8. The van der Waals surface area contributed by atoms with Gasteiger partial charge < -0.3 is 99.5 Å². The van der Waals surface area contributed by atoms with Crippen molar-refractivity contribution in [2.24, 2.45) is 5.92 Å². The van der Waals surface area contributed by atoms with Gasteiger partial charge in [-0.1, -0.05) is 0 Å². The van der Waals surface area contributed by atoms with E-state index in [-0.39, 0.29) is 0 Å². The number of carbonyl (C=O) groups excluding carboxylic acids is 6. The summed E-state index contributed by atoms with van der Waals surface area (Å²) in [6.07, 6.45) is -16.3. The Morgan fingerprint density at radius 1 is 0.574 bits per heavy atom. The van der Waals surface area contributed by atoms with Crippen LogP contribution in [0.25, 0.3) is 0 Å². The minimum atomic E-state index is -2.57. The van der Waals surface area contributed by atoms with Crippen LogP contribution in [-0.2, 0) is 42.8 Å². The molecule has 0 aliphatic carbocycles. The van der Waals surface area contributed by atoms with Crippen molar-refractivity contribution in [3.05, 3.63) is 70.3 Å². The van der Waals surface area contributed by atoms with Crippen LogP contribution >= 0.6 is 0 Å². The largest absolute Gasteiger partial charge is 0.504 e.